The van der Waals surface area contributed by atoms with E-state index in [1.165, 1.54) is 12.0 Å². The van der Waals surface area contributed by atoms with Gasteiger partial charge in [-0.05, 0) is 56.9 Å². The van der Waals surface area contributed by atoms with Gasteiger partial charge in [-0.15, -0.1) is 5.10 Å². The zero-order valence-corrected chi connectivity index (χ0v) is 19.7. The summed E-state index contributed by atoms with van der Waals surface area (Å²) in [4.78, 5) is 18.3. The van der Waals surface area contributed by atoms with Crippen LogP contribution in [0.5, 0.6) is 0 Å². The highest BCUT2D eigenvalue weighted by Crippen LogP contribution is 2.31. The van der Waals surface area contributed by atoms with Gasteiger partial charge < -0.3 is 10.2 Å². The van der Waals surface area contributed by atoms with E-state index in [1.807, 2.05) is 28.9 Å². The van der Waals surface area contributed by atoms with Crippen LogP contribution in [0.2, 0.25) is 0 Å². The molecule has 3 aromatic rings. The monoisotopic (exact) mass is 446 g/mol. The molecule has 5 rings (SSSR count). The van der Waals surface area contributed by atoms with E-state index >= 15 is 0 Å². The molecule has 1 N–H and O–H groups in total. The van der Waals surface area contributed by atoms with Crippen molar-refractivity contribution in [3.8, 4) is 0 Å². The van der Waals surface area contributed by atoms with Crippen molar-refractivity contribution >= 4 is 22.6 Å². The zero-order chi connectivity index (χ0) is 22.8. The summed E-state index contributed by atoms with van der Waals surface area (Å²) in [6, 6.07) is 17.8. The van der Waals surface area contributed by atoms with Crippen molar-refractivity contribution in [3.05, 3.63) is 54.1 Å². The average molecular weight is 447 g/mol. The predicted octanol–water partition coefficient (Wildman–Crippen LogP) is 3.91. The molecule has 0 unspecified atom stereocenters. The molecule has 2 bridgehead atoms. The maximum Gasteiger partial charge on any atom is 0.224 e. The van der Waals surface area contributed by atoms with Crippen molar-refractivity contribution in [2.45, 2.75) is 70.7 Å². The van der Waals surface area contributed by atoms with Gasteiger partial charge in [-0.25, -0.2) is 4.68 Å². The van der Waals surface area contributed by atoms with Crippen molar-refractivity contribution in [2.24, 2.45) is 0 Å². The fourth-order valence-electron chi connectivity index (χ4n) is 5.66. The minimum atomic E-state index is 0.177. The number of carbonyl (C=O) groups excluding carboxylic acids is 1. The van der Waals surface area contributed by atoms with Crippen molar-refractivity contribution in [3.63, 3.8) is 0 Å². The highest BCUT2D eigenvalue weighted by molar-refractivity contribution is 5.77. The van der Waals surface area contributed by atoms with E-state index in [9.17, 15) is 4.79 Å². The van der Waals surface area contributed by atoms with Gasteiger partial charge in [-0.2, -0.15) is 0 Å². The van der Waals surface area contributed by atoms with E-state index in [-0.39, 0.29) is 5.91 Å². The number of fused-ring (bicyclic) bond motifs is 4. The normalized spacial score (nSPS) is 21.6. The first kappa shape index (κ1) is 21.9. The average Bonchev–Trinajstić information content (AvgIpc) is 3.40. The summed E-state index contributed by atoms with van der Waals surface area (Å²) in [5.41, 5.74) is 4.17. The lowest BCUT2D eigenvalue weighted by Gasteiger charge is -2.36. The minimum absolute atomic E-state index is 0.177. The van der Waals surface area contributed by atoms with Crippen LogP contribution in [0.4, 0.5) is 5.69 Å². The van der Waals surface area contributed by atoms with Crippen LogP contribution in [0.1, 0.15) is 45.1 Å². The van der Waals surface area contributed by atoms with Gasteiger partial charge in [-0.3, -0.25) is 9.69 Å². The van der Waals surface area contributed by atoms with Gasteiger partial charge in [0, 0.05) is 49.9 Å². The maximum atomic E-state index is 13.6. The number of carbonyl (C=O) groups is 1. The maximum absolute atomic E-state index is 13.6. The third kappa shape index (κ3) is 4.60. The molecule has 2 aliphatic heterocycles. The number of nitrogens with one attached hydrogen (secondary N) is 1. The van der Waals surface area contributed by atoms with E-state index in [1.54, 1.807) is 0 Å². The Bertz CT molecular complexity index is 1110. The summed E-state index contributed by atoms with van der Waals surface area (Å²) in [5, 5.41) is 12.2. The molecule has 1 amide bonds. The second-order valence-corrected chi connectivity index (χ2v) is 9.62. The standard InChI is InChI=1S/C26H34N6O/c1-19(2)32-21-11-12-22(32)18-30(17-20-7-3-4-8-23(20)27-15-13-21)26(33)14-16-31-25-10-6-5-9-24(25)28-29-31/h3-10,19,21-22,27H,11-18H2,1-2H3/t21-,22+/m1/s1. The molecule has 1 aromatic heterocycles. The number of nitrogens with zero attached hydrogens (tertiary/aromatic N) is 5. The van der Waals surface area contributed by atoms with E-state index in [0.717, 1.165) is 42.7 Å². The van der Waals surface area contributed by atoms with Crippen molar-refractivity contribution in [2.75, 3.05) is 18.4 Å². The Balaban J connectivity index is 1.38. The Kier molecular flexibility index (Phi) is 6.31. The molecule has 1 fully saturated rings. The highest BCUT2D eigenvalue weighted by Gasteiger charge is 2.36. The summed E-state index contributed by atoms with van der Waals surface area (Å²) in [6.45, 7) is 7.49. The number of hydrogen-bond donors (Lipinski definition) is 1. The molecular weight excluding hydrogens is 412 g/mol. The molecule has 0 spiro atoms. The van der Waals surface area contributed by atoms with Gasteiger partial charge in [0.2, 0.25) is 5.91 Å². The number of hydrogen-bond acceptors (Lipinski definition) is 5. The van der Waals surface area contributed by atoms with Crippen LogP contribution in [-0.2, 0) is 17.9 Å². The van der Waals surface area contributed by atoms with Crippen LogP contribution in [-0.4, -0.2) is 61.9 Å². The lowest BCUT2D eigenvalue weighted by Crippen LogP contribution is -2.48. The molecule has 2 aromatic carbocycles. The number of aromatic nitrogens is 3. The molecule has 0 radical (unpaired) electrons. The fourth-order valence-corrected chi connectivity index (χ4v) is 5.66. The van der Waals surface area contributed by atoms with Gasteiger partial charge >= 0.3 is 0 Å². The first-order valence-electron chi connectivity index (χ1n) is 12.3. The van der Waals surface area contributed by atoms with Crippen LogP contribution >= 0.6 is 0 Å². The Morgan fingerprint density at radius 2 is 1.85 bits per heavy atom. The number of amides is 1. The molecule has 174 valence electrons. The van der Waals surface area contributed by atoms with Crippen molar-refractivity contribution < 1.29 is 4.79 Å². The first-order valence-corrected chi connectivity index (χ1v) is 12.3. The Morgan fingerprint density at radius 3 is 2.73 bits per heavy atom. The van der Waals surface area contributed by atoms with Crippen LogP contribution in [0.25, 0.3) is 11.0 Å². The molecule has 7 heteroatoms. The fraction of sp³-hybridized carbons (Fsp3) is 0.500. The molecule has 3 heterocycles. The second-order valence-electron chi connectivity index (χ2n) is 9.62. The SMILES string of the molecule is CC(C)N1[C@H]2CCNc3ccccc3CN(C(=O)CCn3nnc4ccccc43)C[C@@H]1CC2. The van der Waals surface area contributed by atoms with Gasteiger partial charge in [-0.1, -0.05) is 35.5 Å². The molecule has 1 saturated heterocycles. The Labute approximate surface area is 195 Å². The van der Waals surface area contributed by atoms with E-state index < -0.39 is 0 Å². The second kappa shape index (κ2) is 9.51. The summed E-state index contributed by atoms with van der Waals surface area (Å²) >= 11 is 0. The van der Waals surface area contributed by atoms with Gasteiger partial charge in [0.05, 0.1) is 12.1 Å². The van der Waals surface area contributed by atoms with Gasteiger partial charge in [0.25, 0.3) is 0 Å². The van der Waals surface area contributed by atoms with Crippen molar-refractivity contribution in [1.29, 1.82) is 0 Å². The van der Waals surface area contributed by atoms with E-state index in [0.29, 0.717) is 37.6 Å². The number of benzene rings is 2. The molecule has 7 nitrogen and oxygen atoms in total. The lowest BCUT2D eigenvalue weighted by atomic mass is 10.1. The lowest BCUT2D eigenvalue weighted by molar-refractivity contribution is -0.133. The summed E-state index contributed by atoms with van der Waals surface area (Å²) < 4.78 is 1.85. The van der Waals surface area contributed by atoms with Crippen LogP contribution in [0.3, 0.4) is 0 Å². The topological polar surface area (TPSA) is 66.3 Å². The summed E-state index contributed by atoms with van der Waals surface area (Å²) in [6.07, 6.45) is 3.91. The van der Waals surface area contributed by atoms with Crippen LogP contribution in [0.15, 0.2) is 48.5 Å². The van der Waals surface area contributed by atoms with E-state index in [2.05, 4.69) is 63.5 Å². The number of anilines is 1. The van der Waals surface area contributed by atoms with Crippen LogP contribution < -0.4 is 5.32 Å². The quantitative estimate of drug-likeness (QED) is 0.658. The Hall–Kier alpha value is -2.93. The molecular formula is C26H34N6O. The number of rotatable bonds is 4. The minimum Gasteiger partial charge on any atom is -0.385 e. The molecule has 2 aliphatic rings. The van der Waals surface area contributed by atoms with Gasteiger partial charge in [0.15, 0.2) is 0 Å². The summed E-state index contributed by atoms with van der Waals surface area (Å²) in [7, 11) is 0. The third-order valence-electron chi connectivity index (χ3n) is 7.19. The van der Waals surface area contributed by atoms with E-state index in [4.69, 9.17) is 0 Å². The molecule has 33 heavy (non-hydrogen) atoms. The molecule has 0 aliphatic carbocycles. The summed E-state index contributed by atoms with van der Waals surface area (Å²) in [5.74, 6) is 0.177. The third-order valence-corrected chi connectivity index (χ3v) is 7.19. The van der Waals surface area contributed by atoms with Gasteiger partial charge in [0.1, 0.15) is 5.52 Å². The number of para-hydroxylation sites is 2. The zero-order valence-electron chi connectivity index (χ0n) is 19.7. The molecule has 0 saturated carbocycles. The smallest absolute Gasteiger partial charge is 0.224 e. The first-order chi connectivity index (χ1) is 16.1. The number of aryl methyl sites for hydroxylation is 1. The largest absolute Gasteiger partial charge is 0.385 e. The van der Waals surface area contributed by atoms with Crippen LogP contribution in [0, 0.1) is 0 Å². The highest BCUT2D eigenvalue weighted by atomic mass is 16.2. The molecule has 2 atom stereocenters. The predicted molar refractivity (Wildman–Crippen MR) is 131 cm³/mol. The van der Waals surface area contributed by atoms with Crippen molar-refractivity contribution in [1.82, 2.24) is 24.8 Å². The Morgan fingerprint density at radius 1 is 1.06 bits per heavy atom.